The van der Waals surface area contributed by atoms with Crippen molar-refractivity contribution < 1.29 is 9.53 Å². The van der Waals surface area contributed by atoms with E-state index in [4.69, 9.17) is 4.74 Å². The summed E-state index contributed by atoms with van der Waals surface area (Å²) in [4.78, 5) is 11.2. The van der Waals surface area contributed by atoms with Crippen LogP contribution in [0, 0.1) is 6.92 Å². The van der Waals surface area contributed by atoms with Crippen LogP contribution in [-0.2, 0) is 4.74 Å². The molecule has 0 spiro atoms. The van der Waals surface area contributed by atoms with E-state index in [-0.39, 0.29) is 11.0 Å². The zero-order chi connectivity index (χ0) is 8.72. The van der Waals surface area contributed by atoms with Crippen molar-refractivity contribution in [2.75, 3.05) is 0 Å². The molecule has 0 aliphatic carbocycles. The van der Waals surface area contributed by atoms with E-state index in [0.717, 1.165) is 11.1 Å². The molecule has 1 heterocycles. The highest BCUT2D eigenvalue weighted by Crippen LogP contribution is 2.35. The Balaban J connectivity index is 2.60. The summed E-state index contributed by atoms with van der Waals surface area (Å²) in [5, 5.41) is -0.263. The first-order chi connectivity index (χ1) is 5.68. The van der Waals surface area contributed by atoms with Crippen LogP contribution < -0.4 is 0 Å². The van der Waals surface area contributed by atoms with Crippen LogP contribution in [-0.4, -0.2) is 5.97 Å². The molecule has 1 aromatic rings. The van der Waals surface area contributed by atoms with Gasteiger partial charge in [-0.05, 0) is 28.9 Å². The monoisotopic (exact) mass is 226 g/mol. The summed E-state index contributed by atoms with van der Waals surface area (Å²) < 4.78 is 4.96. The van der Waals surface area contributed by atoms with Gasteiger partial charge in [0.2, 0.25) is 0 Å². The van der Waals surface area contributed by atoms with Gasteiger partial charge in [-0.3, -0.25) is 0 Å². The molecule has 0 amide bonds. The number of carbonyl (C=O) groups is 1. The van der Waals surface area contributed by atoms with Gasteiger partial charge in [-0.1, -0.05) is 17.7 Å². The fourth-order valence-corrected chi connectivity index (χ4v) is 1.83. The number of ether oxygens (including phenoxy) is 1. The fourth-order valence-electron chi connectivity index (χ4n) is 1.27. The minimum Gasteiger partial charge on any atom is -0.442 e. The first kappa shape index (κ1) is 7.80. The standard InChI is InChI=1S/C9H7BrO2/c1-5-2-3-6-7(4-5)9(11)12-8(6)10/h2-4,8H,1H3. The summed E-state index contributed by atoms with van der Waals surface area (Å²) in [5.41, 5.74) is 2.68. The molecule has 62 valence electrons. The molecule has 3 heteroatoms. The number of halogens is 1. The SMILES string of the molecule is Cc1ccc2c(c1)C(=O)OC2Br. The molecule has 1 aliphatic heterocycles. The average Bonchev–Trinajstić information content (AvgIpc) is 2.28. The van der Waals surface area contributed by atoms with E-state index in [1.165, 1.54) is 0 Å². The van der Waals surface area contributed by atoms with E-state index in [2.05, 4.69) is 15.9 Å². The number of rotatable bonds is 0. The molecule has 2 rings (SSSR count). The van der Waals surface area contributed by atoms with Gasteiger partial charge in [-0.15, -0.1) is 0 Å². The number of hydrogen-bond donors (Lipinski definition) is 0. The van der Waals surface area contributed by atoms with Crippen molar-refractivity contribution in [1.82, 2.24) is 0 Å². The van der Waals surface area contributed by atoms with Gasteiger partial charge in [0.15, 0.2) is 5.01 Å². The lowest BCUT2D eigenvalue weighted by molar-refractivity contribution is 0.0530. The second-order valence-corrected chi connectivity index (χ2v) is 3.64. The summed E-state index contributed by atoms with van der Waals surface area (Å²) >= 11 is 3.26. The van der Waals surface area contributed by atoms with Crippen molar-refractivity contribution in [1.29, 1.82) is 0 Å². The predicted molar refractivity (Wildman–Crippen MR) is 48.3 cm³/mol. The zero-order valence-electron chi connectivity index (χ0n) is 6.50. The Bertz CT molecular complexity index is 346. The number of benzene rings is 1. The summed E-state index contributed by atoms with van der Waals surface area (Å²) in [6, 6.07) is 5.73. The average molecular weight is 227 g/mol. The van der Waals surface area contributed by atoms with Gasteiger partial charge >= 0.3 is 5.97 Å². The van der Waals surface area contributed by atoms with Crippen LogP contribution in [0.4, 0.5) is 0 Å². The van der Waals surface area contributed by atoms with Crippen LogP contribution in [0.2, 0.25) is 0 Å². The molecule has 1 aliphatic rings. The van der Waals surface area contributed by atoms with Gasteiger partial charge in [-0.25, -0.2) is 4.79 Å². The molecule has 0 radical (unpaired) electrons. The van der Waals surface area contributed by atoms with Gasteiger partial charge in [0, 0.05) is 5.56 Å². The smallest absolute Gasteiger partial charge is 0.340 e. The lowest BCUT2D eigenvalue weighted by Crippen LogP contribution is -1.93. The molecule has 0 aromatic heterocycles. The molecule has 1 unspecified atom stereocenters. The molecule has 1 aromatic carbocycles. The van der Waals surface area contributed by atoms with Gasteiger partial charge in [0.05, 0.1) is 5.56 Å². The number of cyclic esters (lactones) is 1. The van der Waals surface area contributed by atoms with Crippen LogP contribution in [0.3, 0.4) is 0 Å². The van der Waals surface area contributed by atoms with Gasteiger partial charge in [0.1, 0.15) is 0 Å². The van der Waals surface area contributed by atoms with E-state index in [1.54, 1.807) is 0 Å². The van der Waals surface area contributed by atoms with Crippen molar-refractivity contribution in [3.63, 3.8) is 0 Å². The maximum atomic E-state index is 11.2. The molecule has 0 fully saturated rings. The highest BCUT2D eigenvalue weighted by molar-refractivity contribution is 9.09. The Morgan fingerprint density at radius 3 is 3.00 bits per heavy atom. The summed E-state index contributed by atoms with van der Waals surface area (Å²) in [5.74, 6) is -0.240. The number of hydrogen-bond acceptors (Lipinski definition) is 2. The lowest BCUT2D eigenvalue weighted by Gasteiger charge is -1.99. The normalized spacial score (nSPS) is 20.5. The van der Waals surface area contributed by atoms with E-state index in [0.29, 0.717) is 5.56 Å². The Morgan fingerprint density at radius 2 is 2.25 bits per heavy atom. The highest BCUT2D eigenvalue weighted by Gasteiger charge is 2.28. The molecule has 0 N–H and O–H groups in total. The second kappa shape index (κ2) is 2.59. The van der Waals surface area contributed by atoms with Gasteiger partial charge < -0.3 is 4.74 Å². The number of carbonyl (C=O) groups excluding carboxylic acids is 1. The van der Waals surface area contributed by atoms with Crippen LogP contribution in [0.5, 0.6) is 0 Å². The third-order valence-electron chi connectivity index (χ3n) is 1.88. The Hall–Kier alpha value is -0.830. The number of alkyl halides is 1. The van der Waals surface area contributed by atoms with Crippen molar-refractivity contribution >= 4 is 21.9 Å². The van der Waals surface area contributed by atoms with Gasteiger partial charge in [0.25, 0.3) is 0 Å². The maximum Gasteiger partial charge on any atom is 0.340 e. The van der Waals surface area contributed by atoms with Gasteiger partial charge in [-0.2, -0.15) is 0 Å². The Kier molecular flexibility index (Phi) is 1.68. The molecule has 1 atom stereocenters. The first-order valence-electron chi connectivity index (χ1n) is 3.64. The zero-order valence-corrected chi connectivity index (χ0v) is 8.09. The highest BCUT2D eigenvalue weighted by atomic mass is 79.9. The Labute approximate surface area is 78.7 Å². The summed E-state index contributed by atoms with van der Waals surface area (Å²) in [7, 11) is 0. The fraction of sp³-hybridized carbons (Fsp3) is 0.222. The minimum absolute atomic E-state index is 0.240. The van der Waals surface area contributed by atoms with Crippen LogP contribution >= 0.6 is 15.9 Å². The minimum atomic E-state index is -0.263. The van der Waals surface area contributed by atoms with Crippen molar-refractivity contribution in [3.8, 4) is 0 Å². The van der Waals surface area contributed by atoms with Crippen molar-refractivity contribution in [2.45, 2.75) is 11.9 Å². The number of aryl methyl sites for hydroxylation is 1. The number of fused-ring (bicyclic) bond motifs is 1. The predicted octanol–water partition coefficient (Wildman–Crippen LogP) is 2.56. The molecular formula is C9H7BrO2. The van der Waals surface area contributed by atoms with Crippen molar-refractivity contribution in [3.05, 3.63) is 34.9 Å². The van der Waals surface area contributed by atoms with Crippen LogP contribution in [0.25, 0.3) is 0 Å². The van der Waals surface area contributed by atoms with E-state index >= 15 is 0 Å². The molecule has 12 heavy (non-hydrogen) atoms. The van der Waals surface area contributed by atoms with E-state index < -0.39 is 0 Å². The number of esters is 1. The summed E-state index contributed by atoms with van der Waals surface area (Å²) in [6.45, 7) is 1.95. The molecule has 0 saturated heterocycles. The Morgan fingerprint density at radius 1 is 1.50 bits per heavy atom. The molecule has 0 saturated carbocycles. The molecular weight excluding hydrogens is 220 g/mol. The summed E-state index contributed by atoms with van der Waals surface area (Å²) in [6.07, 6.45) is 0. The lowest BCUT2D eigenvalue weighted by atomic mass is 10.1. The van der Waals surface area contributed by atoms with Crippen LogP contribution in [0.1, 0.15) is 26.5 Å². The molecule has 0 bridgehead atoms. The maximum absolute atomic E-state index is 11.2. The van der Waals surface area contributed by atoms with E-state index in [1.807, 2.05) is 25.1 Å². The first-order valence-corrected chi connectivity index (χ1v) is 4.55. The molecule has 2 nitrogen and oxygen atoms in total. The topological polar surface area (TPSA) is 26.3 Å². The largest absolute Gasteiger partial charge is 0.442 e. The third kappa shape index (κ3) is 1.05. The van der Waals surface area contributed by atoms with Crippen molar-refractivity contribution in [2.24, 2.45) is 0 Å². The quantitative estimate of drug-likeness (QED) is 0.502. The second-order valence-electron chi connectivity index (χ2n) is 2.81. The third-order valence-corrected chi connectivity index (χ3v) is 2.56. The van der Waals surface area contributed by atoms with Crippen LogP contribution in [0.15, 0.2) is 18.2 Å². The van der Waals surface area contributed by atoms with E-state index in [9.17, 15) is 4.79 Å².